The van der Waals surface area contributed by atoms with Crippen molar-refractivity contribution in [1.82, 2.24) is 0 Å². The van der Waals surface area contributed by atoms with E-state index in [2.05, 4.69) is 4.74 Å². The van der Waals surface area contributed by atoms with Gasteiger partial charge in [0.25, 0.3) is 0 Å². The normalized spacial score (nSPS) is 10.0. The van der Waals surface area contributed by atoms with Crippen molar-refractivity contribution in [3.63, 3.8) is 0 Å². The first-order chi connectivity index (χ1) is 10.1. The van der Waals surface area contributed by atoms with E-state index in [0.717, 1.165) is 5.56 Å². The van der Waals surface area contributed by atoms with Crippen LogP contribution in [0.15, 0.2) is 42.5 Å². The van der Waals surface area contributed by atoms with Crippen LogP contribution in [0.2, 0.25) is 0 Å². The monoisotopic (exact) mass is 288 g/mol. The van der Waals surface area contributed by atoms with Crippen LogP contribution in [0.1, 0.15) is 15.9 Å². The Morgan fingerprint density at radius 1 is 1.05 bits per heavy atom. The van der Waals surface area contributed by atoms with Gasteiger partial charge in [-0.15, -0.1) is 0 Å². The Labute approximate surface area is 122 Å². The third-order valence-corrected chi connectivity index (χ3v) is 2.92. The van der Waals surface area contributed by atoms with Crippen molar-refractivity contribution in [2.45, 2.75) is 6.61 Å². The number of aromatic hydroxyl groups is 1. The summed E-state index contributed by atoms with van der Waals surface area (Å²) >= 11 is 0. The largest absolute Gasteiger partial charge is 0.508 e. The van der Waals surface area contributed by atoms with Gasteiger partial charge in [-0.05, 0) is 35.9 Å². The van der Waals surface area contributed by atoms with Crippen molar-refractivity contribution in [2.75, 3.05) is 14.2 Å². The van der Waals surface area contributed by atoms with Crippen LogP contribution in [0.4, 0.5) is 0 Å². The Bertz CT molecular complexity index is 619. The molecule has 0 aliphatic rings. The van der Waals surface area contributed by atoms with Gasteiger partial charge in [0.15, 0.2) is 11.5 Å². The fourth-order valence-electron chi connectivity index (χ4n) is 1.78. The van der Waals surface area contributed by atoms with Gasteiger partial charge in [0, 0.05) is 0 Å². The molecule has 0 amide bonds. The summed E-state index contributed by atoms with van der Waals surface area (Å²) in [5.41, 5.74) is 1.30. The number of methoxy groups -OCH3 is 2. The first kappa shape index (κ1) is 14.7. The van der Waals surface area contributed by atoms with Gasteiger partial charge in [-0.25, -0.2) is 4.79 Å². The average molecular weight is 288 g/mol. The number of benzene rings is 2. The number of ether oxygens (including phenoxy) is 3. The average Bonchev–Trinajstić information content (AvgIpc) is 2.53. The molecule has 0 spiro atoms. The van der Waals surface area contributed by atoms with E-state index < -0.39 is 5.97 Å². The van der Waals surface area contributed by atoms with E-state index in [4.69, 9.17) is 9.47 Å². The highest BCUT2D eigenvalue weighted by atomic mass is 16.5. The molecule has 1 N–H and O–H groups in total. The van der Waals surface area contributed by atoms with Gasteiger partial charge in [0.2, 0.25) is 0 Å². The molecule has 0 aliphatic heterocycles. The van der Waals surface area contributed by atoms with Crippen molar-refractivity contribution < 1.29 is 24.1 Å². The molecule has 5 heteroatoms. The Balaban J connectivity index is 2.12. The number of esters is 1. The summed E-state index contributed by atoms with van der Waals surface area (Å²) in [4.78, 5) is 11.5. The summed E-state index contributed by atoms with van der Waals surface area (Å²) in [6, 6.07) is 11.6. The van der Waals surface area contributed by atoms with E-state index in [1.807, 2.05) is 0 Å². The summed E-state index contributed by atoms with van der Waals surface area (Å²) in [6.07, 6.45) is 0. The molecule has 2 aromatic carbocycles. The van der Waals surface area contributed by atoms with Crippen molar-refractivity contribution >= 4 is 5.97 Å². The quantitative estimate of drug-likeness (QED) is 0.857. The zero-order valence-electron chi connectivity index (χ0n) is 11.8. The SMILES string of the molecule is COC(=O)c1ccc(OCc2ccc(O)cc2)c(OC)c1. The van der Waals surface area contributed by atoms with Crippen LogP contribution >= 0.6 is 0 Å². The van der Waals surface area contributed by atoms with E-state index in [0.29, 0.717) is 23.7 Å². The molecule has 5 nitrogen and oxygen atoms in total. The molecule has 0 heterocycles. The molecule has 0 atom stereocenters. The molecule has 0 unspecified atom stereocenters. The Hall–Kier alpha value is -2.69. The second kappa shape index (κ2) is 6.65. The molecule has 2 rings (SSSR count). The molecule has 0 saturated heterocycles. The standard InChI is InChI=1S/C16H16O5/c1-19-15-9-12(16(18)20-2)5-8-14(15)21-10-11-3-6-13(17)7-4-11/h3-9,17H,10H2,1-2H3. The lowest BCUT2D eigenvalue weighted by molar-refractivity contribution is 0.0600. The highest BCUT2D eigenvalue weighted by Crippen LogP contribution is 2.29. The smallest absolute Gasteiger partial charge is 0.337 e. The molecule has 0 fully saturated rings. The van der Waals surface area contributed by atoms with E-state index >= 15 is 0 Å². The number of carbonyl (C=O) groups is 1. The molecule has 0 bridgehead atoms. The van der Waals surface area contributed by atoms with Crippen molar-refractivity contribution in [1.29, 1.82) is 0 Å². The van der Waals surface area contributed by atoms with Gasteiger partial charge in [-0.3, -0.25) is 0 Å². The maximum absolute atomic E-state index is 11.5. The van der Waals surface area contributed by atoms with Crippen molar-refractivity contribution in [3.8, 4) is 17.2 Å². The lowest BCUT2D eigenvalue weighted by atomic mass is 10.2. The van der Waals surface area contributed by atoms with E-state index in [-0.39, 0.29) is 5.75 Å². The molecule has 21 heavy (non-hydrogen) atoms. The maximum atomic E-state index is 11.5. The van der Waals surface area contributed by atoms with Crippen LogP contribution in [0.3, 0.4) is 0 Å². The van der Waals surface area contributed by atoms with Gasteiger partial charge in [-0.2, -0.15) is 0 Å². The molecule has 0 radical (unpaired) electrons. The number of hydrogen-bond donors (Lipinski definition) is 1. The number of carbonyl (C=O) groups excluding carboxylic acids is 1. The number of rotatable bonds is 5. The van der Waals surface area contributed by atoms with Crippen LogP contribution in [0, 0.1) is 0 Å². The van der Waals surface area contributed by atoms with Crippen molar-refractivity contribution in [2.24, 2.45) is 0 Å². The number of hydrogen-bond acceptors (Lipinski definition) is 5. The zero-order valence-corrected chi connectivity index (χ0v) is 11.8. The molecule has 0 aromatic heterocycles. The van der Waals surface area contributed by atoms with Crippen LogP contribution in [0.5, 0.6) is 17.2 Å². The highest BCUT2D eigenvalue weighted by molar-refractivity contribution is 5.90. The van der Waals surface area contributed by atoms with E-state index in [1.165, 1.54) is 14.2 Å². The Kier molecular flexibility index (Phi) is 4.66. The second-order valence-electron chi connectivity index (χ2n) is 4.31. The number of phenols is 1. The fourth-order valence-corrected chi connectivity index (χ4v) is 1.78. The molecule has 110 valence electrons. The Morgan fingerprint density at radius 3 is 2.38 bits per heavy atom. The summed E-state index contributed by atoms with van der Waals surface area (Å²) in [5.74, 6) is 0.757. The molecular weight excluding hydrogens is 272 g/mol. The summed E-state index contributed by atoms with van der Waals surface area (Å²) < 4.78 is 15.5. The first-order valence-corrected chi connectivity index (χ1v) is 6.31. The second-order valence-corrected chi connectivity index (χ2v) is 4.31. The minimum Gasteiger partial charge on any atom is -0.508 e. The van der Waals surface area contributed by atoms with Gasteiger partial charge >= 0.3 is 5.97 Å². The lowest BCUT2D eigenvalue weighted by Gasteiger charge is -2.11. The van der Waals surface area contributed by atoms with Gasteiger partial charge in [0.1, 0.15) is 12.4 Å². The van der Waals surface area contributed by atoms with Crippen LogP contribution in [0.25, 0.3) is 0 Å². The first-order valence-electron chi connectivity index (χ1n) is 6.31. The zero-order chi connectivity index (χ0) is 15.2. The number of phenolic OH excluding ortho intramolecular Hbond substituents is 1. The predicted molar refractivity (Wildman–Crippen MR) is 76.8 cm³/mol. The minimum absolute atomic E-state index is 0.207. The predicted octanol–water partition coefficient (Wildman–Crippen LogP) is 2.77. The van der Waals surface area contributed by atoms with Crippen LogP contribution < -0.4 is 9.47 Å². The third kappa shape index (κ3) is 3.66. The van der Waals surface area contributed by atoms with E-state index in [1.54, 1.807) is 42.5 Å². The molecule has 0 saturated carbocycles. The Morgan fingerprint density at radius 2 is 1.76 bits per heavy atom. The van der Waals surface area contributed by atoms with Crippen molar-refractivity contribution in [3.05, 3.63) is 53.6 Å². The fraction of sp³-hybridized carbons (Fsp3) is 0.188. The van der Waals surface area contributed by atoms with Crippen LogP contribution in [-0.4, -0.2) is 25.3 Å². The summed E-state index contributed by atoms with van der Waals surface area (Å²) in [6.45, 7) is 0.328. The summed E-state index contributed by atoms with van der Waals surface area (Å²) in [7, 11) is 2.83. The lowest BCUT2D eigenvalue weighted by Crippen LogP contribution is -2.03. The maximum Gasteiger partial charge on any atom is 0.337 e. The van der Waals surface area contributed by atoms with Crippen LogP contribution in [-0.2, 0) is 11.3 Å². The topological polar surface area (TPSA) is 65.0 Å². The molecular formula is C16H16O5. The van der Waals surface area contributed by atoms with Gasteiger partial charge in [-0.1, -0.05) is 12.1 Å². The molecule has 2 aromatic rings. The highest BCUT2D eigenvalue weighted by Gasteiger charge is 2.11. The third-order valence-electron chi connectivity index (χ3n) is 2.92. The van der Waals surface area contributed by atoms with Gasteiger partial charge in [0.05, 0.1) is 19.8 Å². The molecule has 0 aliphatic carbocycles. The van der Waals surface area contributed by atoms with E-state index in [9.17, 15) is 9.90 Å². The minimum atomic E-state index is -0.432. The van der Waals surface area contributed by atoms with Gasteiger partial charge < -0.3 is 19.3 Å². The summed E-state index contributed by atoms with van der Waals surface area (Å²) in [5, 5.41) is 9.23.